The summed E-state index contributed by atoms with van der Waals surface area (Å²) in [6.45, 7) is 1.82. The van der Waals surface area contributed by atoms with Gasteiger partial charge in [-0.05, 0) is 61.4 Å². The SMILES string of the molecule is COc1ccc(-c2noc(CCC(=O)NC3CCN(c4ccc(OC)cc4)CC3)n2)cc1. The van der Waals surface area contributed by atoms with Crippen molar-refractivity contribution in [3.8, 4) is 22.9 Å². The Balaban J connectivity index is 1.21. The van der Waals surface area contributed by atoms with Crippen LogP contribution in [0.5, 0.6) is 11.5 Å². The van der Waals surface area contributed by atoms with Crippen LogP contribution >= 0.6 is 0 Å². The first-order chi connectivity index (χ1) is 15.6. The number of methoxy groups -OCH3 is 2. The molecule has 2 heterocycles. The van der Waals surface area contributed by atoms with Crippen LogP contribution in [0.25, 0.3) is 11.4 Å². The first-order valence-corrected chi connectivity index (χ1v) is 10.8. The average Bonchev–Trinajstić information content (AvgIpc) is 3.32. The Hall–Kier alpha value is -3.55. The molecule has 1 saturated heterocycles. The van der Waals surface area contributed by atoms with Crippen LogP contribution in [-0.4, -0.2) is 49.4 Å². The molecule has 32 heavy (non-hydrogen) atoms. The van der Waals surface area contributed by atoms with Crippen molar-refractivity contribution < 1.29 is 18.8 Å². The van der Waals surface area contributed by atoms with Crippen molar-refractivity contribution in [1.29, 1.82) is 0 Å². The molecular formula is C24H28N4O4. The monoisotopic (exact) mass is 436 g/mol. The van der Waals surface area contributed by atoms with Crippen LogP contribution in [0.4, 0.5) is 5.69 Å². The smallest absolute Gasteiger partial charge is 0.227 e. The number of carbonyl (C=O) groups is 1. The summed E-state index contributed by atoms with van der Waals surface area (Å²) in [5.74, 6) is 2.60. The van der Waals surface area contributed by atoms with Gasteiger partial charge in [-0.1, -0.05) is 5.16 Å². The third-order valence-electron chi connectivity index (χ3n) is 5.68. The van der Waals surface area contributed by atoms with Gasteiger partial charge >= 0.3 is 0 Å². The third kappa shape index (κ3) is 5.38. The quantitative estimate of drug-likeness (QED) is 0.578. The number of nitrogens with zero attached hydrogens (tertiary/aromatic N) is 3. The fourth-order valence-electron chi connectivity index (χ4n) is 3.81. The molecule has 8 heteroatoms. The molecule has 0 atom stereocenters. The summed E-state index contributed by atoms with van der Waals surface area (Å²) in [4.78, 5) is 19.1. The zero-order chi connectivity index (χ0) is 22.3. The molecule has 1 fully saturated rings. The van der Waals surface area contributed by atoms with E-state index < -0.39 is 0 Å². The largest absolute Gasteiger partial charge is 0.497 e. The molecule has 1 aromatic heterocycles. The van der Waals surface area contributed by atoms with E-state index in [1.807, 2.05) is 36.4 Å². The van der Waals surface area contributed by atoms with E-state index in [2.05, 4.69) is 32.5 Å². The van der Waals surface area contributed by atoms with Gasteiger partial charge in [0.25, 0.3) is 0 Å². The van der Waals surface area contributed by atoms with Gasteiger partial charge in [0.1, 0.15) is 11.5 Å². The van der Waals surface area contributed by atoms with Crippen LogP contribution in [0.3, 0.4) is 0 Å². The number of ether oxygens (including phenoxy) is 2. The minimum absolute atomic E-state index is 0.0112. The van der Waals surface area contributed by atoms with Gasteiger partial charge in [-0.2, -0.15) is 4.98 Å². The predicted molar refractivity (Wildman–Crippen MR) is 121 cm³/mol. The minimum atomic E-state index is 0.0112. The molecule has 1 N–H and O–H groups in total. The van der Waals surface area contributed by atoms with E-state index in [1.165, 1.54) is 5.69 Å². The number of anilines is 1. The molecule has 1 amide bonds. The molecule has 0 aliphatic carbocycles. The average molecular weight is 437 g/mol. The molecule has 0 bridgehead atoms. The second-order valence-electron chi connectivity index (χ2n) is 7.77. The standard InChI is InChI=1S/C24H28N4O4/c1-30-20-7-3-17(4-8-20)24-26-23(32-27-24)12-11-22(29)25-18-13-15-28(16-14-18)19-5-9-21(31-2)10-6-19/h3-10,18H,11-16H2,1-2H3,(H,25,29). The number of carbonyl (C=O) groups excluding carboxylic acids is 1. The highest BCUT2D eigenvalue weighted by molar-refractivity contribution is 5.76. The lowest BCUT2D eigenvalue weighted by Gasteiger charge is -2.34. The summed E-state index contributed by atoms with van der Waals surface area (Å²) in [6, 6.07) is 15.7. The molecule has 0 radical (unpaired) electrons. The number of aromatic nitrogens is 2. The van der Waals surface area contributed by atoms with Crippen molar-refractivity contribution in [2.24, 2.45) is 0 Å². The highest BCUT2D eigenvalue weighted by Crippen LogP contribution is 2.23. The van der Waals surface area contributed by atoms with Gasteiger partial charge in [0, 0.05) is 43.2 Å². The fourth-order valence-corrected chi connectivity index (χ4v) is 3.81. The number of aryl methyl sites for hydroxylation is 1. The maximum atomic E-state index is 12.4. The summed E-state index contributed by atoms with van der Waals surface area (Å²) in [6.07, 6.45) is 2.57. The van der Waals surface area contributed by atoms with Crippen molar-refractivity contribution >= 4 is 11.6 Å². The summed E-state index contributed by atoms with van der Waals surface area (Å²) in [7, 11) is 3.29. The molecule has 1 aliphatic rings. The third-order valence-corrected chi connectivity index (χ3v) is 5.68. The Labute approximate surface area is 187 Å². The van der Waals surface area contributed by atoms with Gasteiger partial charge < -0.3 is 24.2 Å². The Kier molecular flexibility index (Phi) is 6.89. The van der Waals surface area contributed by atoms with E-state index in [-0.39, 0.29) is 11.9 Å². The van der Waals surface area contributed by atoms with Crippen molar-refractivity contribution in [3.63, 3.8) is 0 Å². The van der Waals surface area contributed by atoms with Gasteiger partial charge in [-0.25, -0.2) is 0 Å². The maximum Gasteiger partial charge on any atom is 0.227 e. The molecule has 0 spiro atoms. The lowest BCUT2D eigenvalue weighted by Crippen LogP contribution is -2.44. The van der Waals surface area contributed by atoms with Gasteiger partial charge in [-0.3, -0.25) is 4.79 Å². The van der Waals surface area contributed by atoms with Gasteiger partial charge in [0.2, 0.25) is 17.6 Å². The summed E-state index contributed by atoms with van der Waals surface area (Å²) in [5, 5.41) is 7.15. The van der Waals surface area contributed by atoms with E-state index in [0.717, 1.165) is 43.0 Å². The van der Waals surface area contributed by atoms with Crippen LogP contribution in [0.15, 0.2) is 53.1 Å². The summed E-state index contributed by atoms with van der Waals surface area (Å²) in [5.41, 5.74) is 2.02. The van der Waals surface area contributed by atoms with Crippen LogP contribution in [-0.2, 0) is 11.2 Å². The van der Waals surface area contributed by atoms with Gasteiger partial charge in [0.15, 0.2) is 0 Å². The number of nitrogens with one attached hydrogen (secondary N) is 1. The van der Waals surface area contributed by atoms with Crippen molar-refractivity contribution in [2.75, 3.05) is 32.2 Å². The topological polar surface area (TPSA) is 89.7 Å². The van der Waals surface area contributed by atoms with Crippen molar-refractivity contribution in [1.82, 2.24) is 15.5 Å². The Bertz CT molecular complexity index is 1010. The summed E-state index contributed by atoms with van der Waals surface area (Å²) < 4.78 is 15.7. The summed E-state index contributed by atoms with van der Waals surface area (Å²) >= 11 is 0. The molecule has 8 nitrogen and oxygen atoms in total. The van der Waals surface area contributed by atoms with Crippen LogP contribution < -0.4 is 19.7 Å². The molecule has 0 unspecified atom stereocenters. The second kappa shape index (κ2) is 10.2. The van der Waals surface area contributed by atoms with E-state index in [1.54, 1.807) is 14.2 Å². The number of benzene rings is 2. The van der Waals surface area contributed by atoms with E-state index in [0.29, 0.717) is 24.6 Å². The van der Waals surface area contributed by atoms with E-state index >= 15 is 0 Å². The molecule has 3 aromatic rings. The molecule has 1 aliphatic heterocycles. The van der Waals surface area contributed by atoms with Gasteiger partial charge in [0.05, 0.1) is 14.2 Å². The fraction of sp³-hybridized carbons (Fsp3) is 0.375. The zero-order valence-corrected chi connectivity index (χ0v) is 18.4. The van der Waals surface area contributed by atoms with Gasteiger partial charge in [-0.15, -0.1) is 0 Å². The van der Waals surface area contributed by atoms with E-state index in [4.69, 9.17) is 14.0 Å². The Morgan fingerprint density at radius 2 is 1.66 bits per heavy atom. The number of amides is 1. The van der Waals surface area contributed by atoms with Crippen LogP contribution in [0.2, 0.25) is 0 Å². The zero-order valence-electron chi connectivity index (χ0n) is 18.4. The molecule has 4 rings (SSSR count). The first-order valence-electron chi connectivity index (χ1n) is 10.8. The minimum Gasteiger partial charge on any atom is -0.497 e. The lowest BCUT2D eigenvalue weighted by molar-refractivity contribution is -0.122. The molecule has 2 aromatic carbocycles. The molecular weight excluding hydrogens is 408 g/mol. The van der Waals surface area contributed by atoms with Crippen molar-refractivity contribution in [2.45, 2.75) is 31.7 Å². The Morgan fingerprint density at radius 3 is 2.28 bits per heavy atom. The normalized spacial score (nSPS) is 14.2. The highest BCUT2D eigenvalue weighted by atomic mass is 16.5. The molecule has 168 valence electrons. The second-order valence-corrected chi connectivity index (χ2v) is 7.77. The van der Waals surface area contributed by atoms with E-state index in [9.17, 15) is 4.79 Å². The number of hydrogen-bond acceptors (Lipinski definition) is 7. The number of rotatable bonds is 8. The first kappa shape index (κ1) is 21.7. The number of piperidine rings is 1. The molecule has 0 saturated carbocycles. The number of hydrogen-bond donors (Lipinski definition) is 1. The van der Waals surface area contributed by atoms with Crippen LogP contribution in [0.1, 0.15) is 25.2 Å². The van der Waals surface area contributed by atoms with Crippen molar-refractivity contribution in [3.05, 3.63) is 54.4 Å². The maximum absolute atomic E-state index is 12.4. The Morgan fingerprint density at radius 1 is 1.03 bits per heavy atom. The highest BCUT2D eigenvalue weighted by Gasteiger charge is 2.21. The van der Waals surface area contributed by atoms with Crippen LogP contribution in [0, 0.1) is 0 Å². The predicted octanol–water partition coefficient (Wildman–Crippen LogP) is 3.47. The lowest BCUT2D eigenvalue weighted by atomic mass is 10.0.